The molecule has 0 atom stereocenters. The van der Waals surface area contributed by atoms with Gasteiger partial charge in [-0.25, -0.2) is 9.59 Å². The maximum absolute atomic E-state index is 12.7. The van der Waals surface area contributed by atoms with Gasteiger partial charge in [0.15, 0.2) is 0 Å². The van der Waals surface area contributed by atoms with Crippen molar-refractivity contribution in [3.05, 3.63) is 65.9 Å². The number of benzene rings is 2. The van der Waals surface area contributed by atoms with E-state index >= 15 is 0 Å². The van der Waals surface area contributed by atoms with E-state index < -0.39 is 5.60 Å². The molecule has 0 N–H and O–H groups in total. The maximum Gasteiger partial charge on any atom is 0.419 e. The van der Waals surface area contributed by atoms with Crippen molar-refractivity contribution in [2.24, 2.45) is 0 Å². The van der Waals surface area contributed by atoms with Crippen molar-refractivity contribution < 1.29 is 19.1 Å². The highest BCUT2D eigenvalue weighted by Crippen LogP contribution is 2.32. The molecule has 0 spiro atoms. The Balaban J connectivity index is 1.45. The summed E-state index contributed by atoms with van der Waals surface area (Å²) in [5.74, 6) is 0. The van der Waals surface area contributed by atoms with Crippen molar-refractivity contribution in [2.45, 2.75) is 39.9 Å². The number of amides is 1. The Morgan fingerprint density at radius 1 is 0.909 bits per heavy atom. The number of aromatic nitrogens is 1. The Kier molecular flexibility index (Phi) is 6.31. The Morgan fingerprint density at radius 2 is 1.61 bits per heavy atom. The lowest BCUT2D eigenvalue weighted by Crippen LogP contribution is -2.49. The lowest BCUT2D eigenvalue weighted by Gasteiger charge is -2.36. The molecule has 1 amide bonds. The molecule has 3 aromatic rings. The predicted octanol–water partition coefficient (Wildman–Crippen LogP) is 5.19. The van der Waals surface area contributed by atoms with E-state index in [9.17, 15) is 9.59 Å². The summed E-state index contributed by atoms with van der Waals surface area (Å²) in [6, 6.07) is 15.6. The highest BCUT2D eigenvalue weighted by molar-refractivity contribution is 6.00. The molecule has 4 rings (SSSR count). The number of anilines is 1. The minimum Gasteiger partial charge on any atom is -0.445 e. The first-order valence-electron chi connectivity index (χ1n) is 11.3. The Morgan fingerprint density at radius 3 is 2.27 bits per heavy atom. The summed E-state index contributed by atoms with van der Waals surface area (Å²) in [6.45, 7) is 10.4. The average molecular weight is 450 g/mol. The zero-order valence-corrected chi connectivity index (χ0v) is 19.7. The van der Waals surface area contributed by atoms with Gasteiger partial charge in [0.2, 0.25) is 0 Å². The molecule has 1 saturated heterocycles. The fraction of sp³-hybridized carbons (Fsp3) is 0.385. The lowest BCUT2D eigenvalue weighted by molar-refractivity contribution is 0.0544. The Bertz CT molecular complexity index is 1140. The van der Waals surface area contributed by atoms with Crippen molar-refractivity contribution in [3.63, 3.8) is 0 Å². The van der Waals surface area contributed by atoms with Crippen LogP contribution in [0.1, 0.15) is 31.9 Å². The molecule has 2 aromatic carbocycles. The molecule has 0 bridgehead atoms. The van der Waals surface area contributed by atoms with Crippen LogP contribution in [-0.4, -0.2) is 53.4 Å². The van der Waals surface area contributed by atoms with Gasteiger partial charge in [0.1, 0.15) is 12.2 Å². The fourth-order valence-electron chi connectivity index (χ4n) is 4.13. The van der Waals surface area contributed by atoms with Crippen molar-refractivity contribution in [2.75, 3.05) is 31.1 Å². The van der Waals surface area contributed by atoms with Gasteiger partial charge in [-0.05, 0) is 51.0 Å². The zero-order valence-electron chi connectivity index (χ0n) is 19.7. The fourth-order valence-corrected chi connectivity index (χ4v) is 4.13. The number of fused-ring (bicyclic) bond motifs is 1. The van der Waals surface area contributed by atoms with Gasteiger partial charge >= 0.3 is 12.2 Å². The van der Waals surface area contributed by atoms with Crippen LogP contribution in [0.3, 0.4) is 0 Å². The van der Waals surface area contributed by atoms with Crippen LogP contribution in [0.4, 0.5) is 15.3 Å². The monoisotopic (exact) mass is 449 g/mol. The van der Waals surface area contributed by atoms with E-state index in [1.807, 2.05) is 76.4 Å². The molecule has 174 valence electrons. The molecule has 1 aliphatic rings. The molecule has 0 radical (unpaired) electrons. The quantitative estimate of drug-likeness (QED) is 0.551. The lowest BCUT2D eigenvalue weighted by atomic mass is 10.1. The second-order valence-corrected chi connectivity index (χ2v) is 9.35. The number of carbonyl (C=O) groups excluding carboxylic acids is 2. The van der Waals surface area contributed by atoms with E-state index in [1.165, 1.54) is 0 Å². The first-order chi connectivity index (χ1) is 15.7. The van der Waals surface area contributed by atoms with Gasteiger partial charge in [-0.15, -0.1) is 0 Å². The van der Waals surface area contributed by atoms with E-state index in [0.29, 0.717) is 26.2 Å². The number of hydrogen-bond donors (Lipinski definition) is 0. The van der Waals surface area contributed by atoms with E-state index in [-0.39, 0.29) is 18.8 Å². The van der Waals surface area contributed by atoms with Crippen LogP contribution in [0, 0.1) is 6.92 Å². The molecule has 0 saturated carbocycles. The van der Waals surface area contributed by atoms with Crippen molar-refractivity contribution in [1.82, 2.24) is 9.47 Å². The standard InChI is InChI=1S/C26H31N3O4/c1-19-17-29(25(31)33-26(2,3)4)22-12-8-11-21(23(19)22)27-13-15-28(16-14-27)24(30)32-18-20-9-6-5-7-10-20/h5-12,17H,13-16,18H2,1-4H3. The number of hydrogen-bond acceptors (Lipinski definition) is 5. The Labute approximate surface area is 194 Å². The first-order valence-corrected chi connectivity index (χ1v) is 11.3. The average Bonchev–Trinajstić information content (AvgIpc) is 3.14. The second kappa shape index (κ2) is 9.17. The number of nitrogens with zero attached hydrogens (tertiary/aromatic N) is 3. The van der Waals surface area contributed by atoms with Gasteiger partial charge < -0.3 is 19.3 Å². The van der Waals surface area contributed by atoms with Crippen LogP contribution in [-0.2, 0) is 16.1 Å². The maximum atomic E-state index is 12.7. The third-order valence-corrected chi connectivity index (χ3v) is 5.67. The second-order valence-electron chi connectivity index (χ2n) is 9.35. The summed E-state index contributed by atoms with van der Waals surface area (Å²) in [4.78, 5) is 29.2. The van der Waals surface area contributed by atoms with Crippen LogP contribution < -0.4 is 4.90 Å². The molecule has 33 heavy (non-hydrogen) atoms. The molecule has 0 aliphatic carbocycles. The van der Waals surface area contributed by atoms with Crippen LogP contribution in [0.5, 0.6) is 0 Å². The number of rotatable bonds is 3. The number of piperazine rings is 1. The van der Waals surface area contributed by atoms with Crippen molar-refractivity contribution in [1.29, 1.82) is 0 Å². The van der Waals surface area contributed by atoms with Crippen LogP contribution >= 0.6 is 0 Å². The summed E-state index contributed by atoms with van der Waals surface area (Å²) in [7, 11) is 0. The molecular weight excluding hydrogens is 418 g/mol. The number of ether oxygens (including phenoxy) is 2. The minimum atomic E-state index is -0.565. The SMILES string of the molecule is Cc1cn(C(=O)OC(C)(C)C)c2cccc(N3CCN(C(=O)OCc4ccccc4)CC3)c12. The molecule has 0 unspecified atom stereocenters. The smallest absolute Gasteiger partial charge is 0.419 e. The molecule has 2 heterocycles. The molecule has 1 aliphatic heterocycles. The van der Waals surface area contributed by atoms with Gasteiger partial charge in [0.25, 0.3) is 0 Å². The number of aryl methyl sites for hydroxylation is 1. The molecule has 1 aromatic heterocycles. The van der Waals surface area contributed by atoms with Crippen LogP contribution in [0.2, 0.25) is 0 Å². The summed E-state index contributed by atoms with van der Waals surface area (Å²) in [5, 5.41) is 1.03. The van der Waals surface area contributed by atoms with Gasteiger partial charge in [0, 0.05) is 43.4 Å². The molecule has 1 fully saturated rings. The van der Waals surface area contributed by atoms with E-state index in [4.69, 9.17) is 9.47 Å². The normalized spacial score (nSPS) is 14.4. The third-order valence-electron chi connectivity index (χ3n) is 5.67. The van der Waals surface area contributed by atoms with E-state index in [1.54, 1.807) is 9.47 Å². The predicted molar refractivity (Wildman–Crippen MR) is 129 cm³/mol. The van der Waals surface area contributed by atoms with Gasteiger partial charge in [-0.1, -0.05) is 36.4 Å². The topological polar surface area (TPSA) is 64.0 Å². The van der Waals surface area contributed by atoms with Crippen molar-refractivity contribution in [3.8, 4) is 0 Å². The van der Waals surface area contributed by atoms with Crippen LogP contribution in [0.25, 0.3) is 10.9 Å². The summed E-state index contributed by atoms with van der Waals surface area (Å²) < 4.78 is 12.6. The van der Waals surface area contributed by atoms with E-state index in [0.717, 1.165) is 27.7 Å². The van der Waals surface area contributed by atoms with Crippen LogP contribution in [0.15, 0.2) is 54.7 Å². The van der Waals surface area contributed by atoms with E-state index in [2.05, 4.69) is 11.0 Å². The molecule has 7 nitrogen and oxygen atoms in total. The minimum absolute atomic E-state index is 0.274. The number of carbonyl (C=O) groups is 2. The highest BCUT2D eigenvalue weighted by atomic mass is 16.6. The molecule has 7 heteroatoms. The zero-order chi connectivity index (χ0) is 23.6. The third kappa shape index (κ3) is 5.13. The van der Waals surface area contributed by atoms with Gasteiger partial charge in [-0.2, -0.15) is 0 Å². The largest absolute Gasteiger partial charge is 0.445 e. The summed E-state index contributed by atoms with van der Waals surface area (Å²) >= 11 is 0. The van der Waals surface area contributed by atoms with Gasteiger partial charge in [-0.3, -0.25) is 4.57 Å². The summed E-state index contributed by atoms with van der Waals surface area (Å²) in [5.41, 5.74) is 3.30. The summed E-state index contributed by atoms with van der Waals surface area (Å²) in [6.07, 6.45) is 1.16. The van der Waals surface area contributed by atoms with Gasteiger partial charge in [0.05, 0.1) is 5.52 Å². The first kappa shape index (κ1) is 22.7. The highest BCUT2D eigenvalue weighted by Gasteiger charge is 2.26. The molecular formula is C26H31N3O4. The van der Waals surface area contributed by atoms with Crippen molar-refractivity contribution >= 4 is 28.8 Å². The Hall–Kier alpha value is -3.48.